The second-order valence-corrected chi connectivity index (χ2v) is 13.5. The van der Waals surface area contributed by atoms with Gasteiger partial charge >= 0.3 is 0 Å². The monoisotopic (exact) mass is 638 g/mol. The Morgan fingerprint density at radius 1 is 1.03 bits per heavy atom. The third kappa shape index (κ3) is 3.48. The van der Waals surface area contributed by atoms with E-state index in [2.05, 4.69) is 15.9 Å². The average molecular weight is 640 g/mol. The molecule has 4 amide bonds. The number of amides is 4. The van der Waals surface area contributed by atoms with E-state index in [1.165, 1.54) is 19.1 Å². The summed E-state index contributed by atoms with van der Waals surface area (Å²) in [6.45, 7) is 0. The van der Waals surface area contributed by atoms with Gasteiger partial charge in [-0.1, -0.05) is 46.8 Å². The minimum absolute atomic E-state index is 0.0695. The number of benzene rings is 1. The van der Waals surface area contributed by atoms with Gasteiger partial charge in [0.2, 0.25) is 11.8 Å². The van der Waals surface area contributed by atoms with Crippen molar-refractivity contribution in [3.63, 3.8) is 0 Å². The Balaban J connectivity index is 1.53. The van der Waals surface area contributed by atoms with Crippen molar-refractivity contribution in [2.45, 2.75) is 66.7 Å². The summed E-state index contributed by atoms with van der Waals surface area (Å²) < 4.78 is 5.93. The molecule has 6 rings (SSSR count). The van der Waals surface area contributed by atoms with Gasteiger partial charge in [-0.3, -0.25) is 29.0 Å². The van der Waals surface area contributed by atoms with Crippen molar-refractivity contribution in [1.29, 1.82) is 0 Å². The quantitative estimate of drug-likeness (QED) is 0.297. The second kappa shape index (κ2) is 9.21. The number of halogens is 3. The van der Waals surface area contributed by atoms with Crippen LogP contribution in [0.4, 0.5) is 0 Å². The van der Waals surface area contributed by atoms with Gasteiger partial charge in [-0.25, -0.2) is 0 Å². The number of carbonyl (C=O) groups excluding carboxylic acids is 4. The lowest BCUT2D eigenvalue weighted by Crippen LogP contribution is -2.60. The summed E-state index contributed by atoms with van der Waals surface area (Å²) in [5.41, 5.74) is 0.897. The van der Waals surface area contributed by atoms with Gasteiger partial charge in [0.1, 0.15) is 0 Å². The van der Waals surface area contributed by atoms with Crippen LogP contribution in [0.2, 0.25) is 0 Å². The van der Waals surface area contributed by atoms with Crippen LogP contribution in [0.15, 0.2) is 28.3 Å². The van der Waals surface area contributed by atoms with Gasteiger partial charge in [-0.15, -0.1) is 23.2 Å². The molecule has 2 aliphatic heterocycles. The fourth-order valence-corrected chi connectivity index (χ4v) is 9.25. The van der Waals surface area contributed by atoms with Crippen LogP contribution in [-0.4, -0.2) is 68.5 Å². The Labute approximate surface area is 244 Å². The number of phenolic OH excluding ortho intramolecular Hbond substituents is 1. The van der Waals surface area contributed by atoms with Gasteiger partial charge in [-0.05, 0) is 43.7 Å². The molecule has 1 aromatic rings. The van der Waals surface area contributed by atoms with E-state index < -0.39 is 45.2 Å². The fraction of sp³-hybridized carbons (Fsp3) is 0.571. The molecular formula is C28H29BrCl2N2O6. The predicted molar refractivity (Wildman–Crippen MR) is 147 cm³/mol. The Bertz CT molecular complexity index is 1350. The lowest BCUT2D eigenvalue weighted by molar-refractivity contribution is -0.144. The fourth-order valence-electron chi connectivity index (χ4n) is 7.78. The number of alkyl halides is 2. The van der Waals surface area contributed by atoms with Gasteiger partial charge in [0.25, 0.3) is 11.8 Å². The zero-order chi connectivity index (χ0) is 28.0. The summed E-state index contributed by atoms with van der Waals surface area (Å²) in [6, 6.07) is 3.09. The molecule has 0 aromatic heterocycles. The van der Waals surface area contributed by atoms with Crippen LogP contribution in [0.1, 0.15) is 56.4 Å². The predicted octanol–water partition coefficient (Wildman–Crippen LogP) is 4.48. The number of allylic oxidation sites excluding steroid dienone is 2. The van der Waals surface area contributed by atoms with E-state index in [1.54, 1.807) is 12.1 Å². The molecule has 11 heteroatoms. The van der Waals surface area contributed by atoms with E-state index in [4.69, 9.17) is 27.9 Å². The Hall–Kier alpha value is -2.10. The topological polar surface area (TPSA) is 104 Å². The molecule has 39 heavy (non-hydrogen) atoms. The first-order chi connectivity index (χ1) is 18.5. The zero-order valence-corrected chi connectivity index (χ0v) is 24.7. The highest BCUT2D eigenvalue weighted by Crippen LogP contribution is 2.66. The number of aromatic hydroxyl groups is 1. The van der Waals surface area contributed by atoms with Crippen LogP contribution < -0.4 is 4.74 Å². The third-order valence-electron chi connectivity index (χ3n) is 9.59. The maximum Gasteiger partial charge on any atom is 0.253 e. The number of methoxy groups -OCH3 is 1. The molecule has 1 N–H and O–H groups in total. The smallest absolute Gasteiger partial charge is 0.253 e. The van der Waals surface area contributed by atoms with Crippen molar-refractivity contribution in [3.8, 4) is 11.5 Å². The number of imide groups is 2. The van der Waals surface area contributed by atoms with Crippen molar-refractivity contribution in [2.75, 3.05) is 14.2 Å². The lowest BCUT2D eigenvalue weighted by atomic mass is 9.56. The Morgan fingerprint density at radius 3 is 2.38 bits per heavy atom. The second-order valence-electron chi connectivity index (χ2n) is 11.4. The van der Waals surface area contributed by atoms with Crippen molar-refractivity contribution in [1.82, 2.24) is 9.80 Å². The van der Waals surface area contributed by atoms with E-state index in [0.717, 1.165) is 37.0 Å². The van der Waals surface area contributed by atoms with Gasteiger partial charge in [-0.2, -0.15) is 0 Å². The first-order valence-corrected chi connectivity index (χ1v) is 14.9. The van der Waals surface area contributed by atoms with Crippen LogP contribution in [0, 0.1) is 17.8 Å². The number of nitrogens with zero attached hydrogens (tertiary/aromatic N) is 2. The van der Waals surface area contributed by atoms with E-state index in [1.807, 2.05) is 6.08 Å². The summed E-state index contributed by atoms with van der Waals surface area (Å²) in [6.07, 6.45) is 6.71. The maximum atomic E-state index is 14.0. The molecule has 2 saturated carbocycles. The van der Waals surface area contributed by atoms with E-state index in [9.17, 15) is 24.3 Å². The van der Waals surface area contributed by atoms with Crippen LogP contribution in [0.5, 0.6) is 11.5 Å². The van der Waals surface area contributed by atoms with E-state index >= 15 is 0 Å². The minimum atomic E-state index is -1.96. The highest BCUT2D eigenvalue weighted by atomic mass is 79.9. The standard InChI is InChI=1S/C28H29BrCl2N2O6/c1-32-25(37)27(30)12-18-15(8-9-16-20(18)24(36)33(23(16)35)14-6-4-3-5-7-14)21(28(27,31)26(32)38)17-10-13(29)11-19(39-2)22(17)34/h8,10-11,14,16,18,20-21,34H,3-7,9,12H2,1-2H3/t16-,18+,20-,21+,27+,28-/m0/s1. The molecule has 0 spiro atoms. The number of fused-ring (bicyclic) bond motifs is 4. The minimum Gasteiger partial charge on any atom is -0.504 e. The van der Waals surface area contributed by atoms with E-state index in [-0.39, 0.29) is 41.3 Å². The first-order valence-electron chi connectivity index (χ1n) is 13.3. The molecule has 0 bridgehead atoms. The van der Waals surface area contributed by atoms with Crippen molar-refractivity contribution < 1.29 is 29.0 Å². The number of hydrogen-bond acceptors (Lipinski definition) is 6. The van der Waals surface area contributed by atoms with E-state index in [0.29, 0.717) is 16.5 Å². The molecule has 4 fully saturated rings. The van der Waals surface area contributed by atoms with Gasteiger partial charge in [0.15, 0.2) is 21.2 Å². The molecule has 5 aliphatic rings. The highest BCUT2D eigenvalue weighted by Gasteiger charge is 2.76. The lowest BCUT2D eigenvalue weighted by Gasteiger charge is -2.50. The molecule has 208 valence electrons. The van der Waals surface area contributed by atoms with Gasteiger partial charge < -0.3 is 9.84 Å². The molecule has 6 atom stereocenters. The third-order valence-corrected chi connectivity index (χ3v) is 11.5. The van der Waals surface area contributed by atoms with Crippen molar-refractivity contribution in [2.24, 2.45) is 17.8 Å². The summed E-state index contributed by atoms with van der Waals surface area (Å²) >= 11 is 17.8. The number of ether oxygens (including phenoxy) is 1. The average Bonchev–Trinajstić information content (AvgIpc) is 3.25. The molecule has 3 aliphatic carbocycles. The molecule has 8 nitrogen and oxygen atoms in total. The Morgan fingerprint density at radius 2 is 1.72 bits per heavy atom. The largest absolute Gasteiger partial charge is 0.504 e. The number of hydrogen-bond donors (Lipinski definition) is 1. The number of rotatable bonds is 3. The SMILES string of the molecule is COc1cc(Br)cc([C@H]2C3=CC[C@@H]4C(=O)N(C5CCCCC5)C(=O)[C@@H]4[C@@H]3C[C@@]3(Cl)C(=O)N(C)C(=O)[C@@]23Cl)c1O. The first kappa shape index (κ1) is 27.1. The molecule has 2 saturated heterocycles. The zero-order valence-electron chi connectivity index (χ0n) is 21.6. The van der Waals surface area contributed by atoms with Gasteiger partial charge in [0.05, 0.1) is 18.9 Å². The molecule has 0 unspecified atom stereocenters. The summed E-state index contributed by atoms with van der Waals surface area (Å²) in [5, 5.41) is 11.3. The summed E-state index contributed by atoms with van der Waals surface area (Å²) in [5.74, 6) is -4.77. The van der Waals surface area contributed by atoms with Gasteiger partial charge in [0, 0.05) is 29.0 Å². The van der Waals surface area contributed by atoms with Crippen LogP contribution in [-0.2, 0) is 19.2 Å². The number of likely N-dealkylation sites (tertiary alicyclic amines) is 2. The summed E-state index contributed by atoms with van der Waals surface area (Å²) in [7, 11) is 2.74. The molecule has 1 aromatic carbocycles. The molecule has 0 radical (unpaired) electrons. The van der Waals surface area contributed by atoms with Crippen LogP contribution >= 0.6 is 39.1 Å². The number of carbonyl (C=O) groups is 4. The molecule has 2 heterocycles. The van der Waals surface area contributed by atoms with Crippen LogP contribution in [0.3, 0.4) is 0 Å². The number of phenols is 1. The normalized spacial score (nSPS) is 36.6. The Kier molecular flexibility index (Phi) is 6.40. The molecular weight excluding hydrogens is 611 g/mol. The van der Waals surface area contributed by atoms with Crippen molar-refractivity contribution in [3.05, 3.63) is 33.8 Å². The maximum absolute atomic E-state index is 14.0. The summed E-state index contributed by atoms with van der Waals surface area (Å²) in [4.78, 5) is 53.4. The van der Waals surface area contributed by atoms with Crippen molar-refractivity contribution >= 4 is 62.8 Å². The van der Waals surface area contributed by atoms with Crippen LogP contribution in [0.25, 0.3) is 0 Å². The highest BCUT2D eigenvalue weighted by molar-refractivity contribution is 9.10.